The molecule has 4 rings (SSSR count). The molecule has 0 saturated carbocycles. The first kappa shape index (κ1) is 34.4. The number of amides is 5. The van der Waals surface area contributed by atoms with Crippen molar-refractivity contribution in [3.05, 3.63) is 29.3 Å². The Balaban J connectivity index is 0.989. The number of nitrogens with zero attached hydrogens (tertiary/aromatic N) is 3. The van der Waals surface area contributed by atoms with Crippen LogP contribution in [0.4, 0.5) is 5.69 Å². The quantitative estimate of drug-likeness (QED) is 0.162. The number of nitrogens with one attached hydrogen (secondary N) is 2. The van der Waals surface area contributed by atoms with Gasteiger partial charge in [0.15, 0.2) is 0 Å². The molecular weight excluding hydrogens is 586 g/mol. The van der Waals surface area contributed by atoms with E-state index in [4.69, 9.17) is 18.9 Å². The third-order valence-electron chi connectivity index (χ3n) is 7.87. The van der Waals surface area contributed by atoms with Crippen LogP contribution in [0.1, 0.15) is 53.3 Å². The summed E-state index contributed by atoms with van der Waals surface area (Å²) in [5.74, 6) is -2.01. The van der Waals surface area contributed by atoms with Crippen LogP contribution in [0.3, 0.4) is 0 Å². The molecule has 1 atom stereocenters. The third kappa shape index (κ3) is 9.78. The number of carbonyl (C=O) groups excluding carboxylic acids is 5. The van der Waals surface area contributed by atoms with E-state index < -0.39 is 29.7 Å². The average Bonchev–Trinajstić information content (AvgIpc) is 3.29. The third-order valence-corrected chi connectivity index (χ3v) is 7.87. The van der Waals surface area contributed by atoms with E-state index >= 15 is 0 Å². The molecule has 1 aromatic carbocycles. The number of hydrogen-bond donors (Lipinski definition) is 2. The lowest BCUT2D eigenvalue weighted by molar-refractivity contribution is -0.136. The molecule has 0 bridgehead atoms. The fourth-order valence-electron chi connectivity index (χ4n) is 5.54. The monoisotopic (exact) mass is 631 g/mol. The van der Waals surface area contributed by atoms with Gasteiger partial charge in [0.2, 0.25) is 17.7 Å². The first-order valence-corrected chi connectivity index (χ1v) is 15.8. The number of benzene rings is 1. The van der Waals surface area contributed by atoms with Crippen molar-refractivity contribution >= 4 is 35.2 Å². The van der Waals surface area contributed by atoms with E-state index in [1.54, 1.807) is 18.2 Å². The summed E-state index contributed by atoms with van der Waals surface area (Å²) >= 11 is 0. The molecule has 2 fully saturated rings. The van der Waals surface area contributed by atoms with Crippen LogP contribution in [0, 0.1) is 0 Å². The molecule has 1 unspecified atom stereocenters. The molecular formula is C31H45N5O9. The Morgan fingerprint density at radius 1 is 0.867 bits per heavy atom. The van der Waals surface area contributed by atoms with Crippen LogP contribution in [0.5, 0.6) is 0 Å². The summed E-state index contributed by atoms with van der Waals surface area (Å²) in [4.78, 5) is 67.4. The highest BCUT2D eigenvalue weighted by Crippen LogP contribution is 2.32. The predicted molar refractivity (Wildman–Crippen MR) is 163 cm³/mol. The Bertz CT molecular complexity index is 1190. The zero-order valence-corrected chi connectivity index (χ0v) is 26.1. The molecule has 1 aromatic rings. The molecule has 3 aliphatic heterocycles. The SMILES string of the molecule is CCCN1CCN(C(=O)CCOCCOCCOCCOCCNc2cccc3c2C(=O)N(C2CCC(=O)NC2=O)C3=O)CC1. The van der Waals surface area contributed by atoms with Gasteiger partial charge in [-0.25, -0.2) is 0 Å². The van der Waals surface area contributed by atoms with Gasteiger partial charge in [0.25, 0.3) is 11.8 Å². The van der Waals surface area contributed by atoms with Crippen LogP contribution in [0.25, 0.3) is 0 Å². The van der Waals surface area contributed by atoms with Gasteiger partial charge in [-0.2, -0.15) is 0 Å². The summed E-state index contributed by atoms with van der Waals surface area (Å²) in [7, 11) is 0. The number of ether oxygens (including phenoxy) is 4. The average molecular weight is 632 g/mol. The minimum Gasteiger partial charge on any atom is -0.382 e. The van der Waals surface area contributed by atoms with E-state index in [0.717, 1.165) is 44.0 Å². The maximum Gasteiger partial charge on any atom is 0.264 e. The molecule has 0 spiro atoms. The van der Waals surface area contributed by atoms with Crippen molar-refractivity contribution in [3.63, 3.8) is 0 Å². The summed E-state index contributed by atoms with van der Waals surface area (Å²) in [5, 5.41) is 5.33. The van der Waals surface area contributed by atoms with Gasteiger partial charge in [-0.15, -0.1) is 0 Å². The summed E-state index contributed by atoms with van der Waals surface area (Å²) in [6.45, 7) is 10.3. The molecule has 14 nitrogen and oxygen atoms in total. The molecule has 0 aliphatic carbocycles. The Morgan fingerprint density at radius 2 is 1.51 bits per heavy atom. The molecule has 248 valence electrons. The van der Waals surface area contributed by atoms with E-state index in [0.29, 0.717) is 71.5 Å². The van der Waals surface area contributed by atoms with E-state index in [1.165, 1.54) is 0 Å². The number of imide groups is 2. The number of hydrogen-bond acceptors (Lipinski definition) is 11. The van der Waals surface area contributed by atoms with Gasteiger partial charge in [-0.3, -0.25) is 39.1 Å². The number of piperazine rings is 1. The second kappa shape index (κ2) is 17.9. The molecule has 45 heavy (non-hydrogen) atoms. The maximum atomic E-state index is 13.1. The van der Waals surface area contributed by atoms with Gasteiger partial charge in [0.1, 0.15) is 6.04 Å². The highest BCUT2D eigenvalue weighted by molar-refractivity contribution is 6.25. The molecule has 0 radical (unpaired) electrons. The Hall–Kier alpha value is -3.43. The minimum atomic E-state index is -1.01. The van der Waals surface area contributed by atoms with E-state index in [9.17, 15) is 24.0 Å². The molecule has 3 heterocycles. The molecule has 2 saturated heterocycles. The fraction of sp³-hybridized carbons (Fsp3) is 0.645. The highest BCUT2D eigenvalue weighted by atomic mass is 16.6. The van der Waals surface area contributed by atoms with Crippen LogP contribution in [0.2, 0.25) is 0 Å². The number of fused-ring (bicyclic) bond motifs is 1. The van der Waals surface area contributed by atoms with Gasteiger partial charge in [-0.05, 0) is 31.5 Å². The minimum absolute atomic E-state index is 0.0693. The summed E-state index contributed by atoms with van der Waals surface area (Å²) in [5.41, 5.74) is 0.916. The second-order valence-electron chi connectivity index (χ2n) is 11.0. The number of piperidine rings is 1. The standard InChI is InChI=1S/C31H45N5O9/c1-2-10-34-11-13-35(14-12-34)27(38)8-15-42-17-19-44-21-22-45-20-18-43-16-9-32-24-5-3-4-23-28(24)31(41)36(30(23)40)25-6-7-26(37)33-29(25)39/h3-5,25,32H,2,6-22H2,1H3,(H,33,37,39). The van der Waals surface area contributed by atoms with Crippen molar-refractivity contribution in [1.29, 1.82) is 0 Å². The number of rotatable bonds is 19. The lowest BCUT2D eigenvalue weighted by Gasteiger charge is -2.34. The first-order valence-electron chi connectivity index (χ1n) is 15.8. The number of carbonyl (C=O) groups is 5. The molecule has 5 amide bonds. The Kier molecular flexibility index (Phi) is 13.7. The van der Waals surface area contributed by atoms with Crippen LogP contribution < -0.4 is 10.6 Å². The normalized spacial score (nSPS) is 18.8. The van der Waals surface area contributed by atoms with Crippen molar-refractivity contribution < 1.29 is 42.9 Å². The van der Waals surface area contributed by atoms with Crippen molar-refractivity contribution in [2.45, 2.75) is 38.6 Å². The maximum absolute atomic E-state index is 13.1. The second-order valence-corrected chi connectivity index (χ2v) is 11.0. The van der Waals surface area contributed by atoms with Crippen LogP contribution in [-0.4, -0.2) is 142 Å². The zero-order chi connectivity index (χ0) is 32.0. The van der Waals surface area contributed by atoms with E-state index in [1.807, 2.05) is 4.90 Å². The van der Waals surface area contributed by atoms with Crippen molar-refractivity contribution in [2.24, 2.45) is 0 Å². The smallest absolute Gasteiger partial charge is 0.264 e. The van der Waals surface area contributed by atoms with Gasteiger partial charge < -0.3 is 29.2 Å². The molecule has 0 aromatic heterocycles. The summed E-state index contributed by atoms with van der Waals surface area (Å²) < 4.78 is 22.1. The van der Waals surface area contributed by atoms with E-state index in [2.05, 4.69) is 22.5 Å². The topological polar surface area (TPSA) is 156 Å². The van der Waals surface area contributed by atoms with Gasteiger partial charge >= 0.3 is 0 Å². The predicted octanol–water partition coefficient (Wildman–Crippen LogP) is 0.510. The summed E-state index contributed by atoms with van der Waals surface area (Å²) in [6.07, 6.45) is 1.70. The van der Waals surface area contributed by atoms with Crippen molar-refractivity contribution in [2.75, 3.05) is 97.4 Å². The number of anilines is 1. The lowest BCUT2D eigenvalue weighted by atomic mass is 10.0. The van der Waals surface area contributed by atoms with Gasteiger partial charge in [0.05, 0.1) is 70.4 Å². The highest BCUT2D eigenvalue weighted by Gasteiger charge is 2.45. The lowest BCUT2D eigenvalue weighted by Crippen LogP contribution is -2.54. The van der Waals surface area contributed by atoms with E-state index in [-0.39, 0.29) is 29.9 Å². The van der Waals surface area contributed by atoms with Gasteiger partial charge in [-0.1, -0.05) is 13.0 Å². The summed E-state index contributed by atoms with van der Waals surface area (Å²) in [6, 6.07) is 3.91. The van der Waals surface area contributed by atoms with Gasteiger partial charge in [0, 0.05) is 44.8 Å². The molecule has 3 aliphatic rings. The first-order chi connectivity index (χ1) is 21.9. The Labute approximate surface area is 263 Å². The largest absolute Gasteiger partial charge is 0.382 e. The van der Waals surface area contributed by atoms with Crippen LogP contribution in [0.15, 0.2) is 18.2 Å². The zero-order valence-electron chi connectivity index (χ0n) is 26.1. The molecule has 2 N–H and O–H groups in total. The van der Waals surface area contributed by atoms with Crippen LogP contribution in [-0.2, 0) is 33.3 Å². The molecule has 14 heteroatoms. The van der Waals surface area contributed by atoms with Crippen molar-refractivity contribution in [3.8, 4) is 0 Å². The van der Waals surface area contributed by atoms with Crippen molar-refractivity contribution in [1.82, 2.24) is 20.0 Å². The Morgan fingerprint density at radius 3 is 2.16 bits per heavy atom. The van der Waals surface area contributed by atoms with Crippen LogP contribution >= 0.6 is 0 Å². The fourth-order valence-corrected chi connectivity index (χ4v) is 5.54.